The molecule has 0 bridgehead atoms. The molecule has 18 heavy (non-hydrogen) atoms. The van der Waals surface area contributed by atoms with E-state index in [0.717, 1.165) is 32.5 Å². The first-order valence-corrected chi connectivity index (χ1v) is 7.20. The molecule has 1 aliphatic heterocycles. The van der Waals surface area contributed by atoms with Gasteiger partial charge in [0, 0.05) is 36.8 Å². The van der Waals surface area contributed by atoms with Crippen molar-refractivity contribution in [1.29, 1.82) is 0 Å². The average Bonchev–Trinajstić information content (AvgIpc) is 2.90. The molecule has 0 atom stereocenters. The quantitative estimate of drug-likeness (QED) is 0.906. The Bertz CT molecular complexity index is 361. The van der Waals surface area contributed by atoms with E-state index < -0.39 is 0 Å². The van der Waals surface area contributed by atoms with Gasteiger partial charge in [-0.25, -0.2) is 4.79 Å². The first kappa shape index (κ1) is 13.3. The molecule has 1 fully saturated rings. The Balaban J connectivity index is 1.68. The Hall–Kier alpha value is -1.14. The maximum atomic E-state index is 11.5. The Morgan fingerprint density at radius 1 is 1.61 bits per heavy atom. The summed E-state index contributed by atoms with van der Waals surface area (Å²) in [6, 6.07) is 0.484. The van der Waals surface area contributed by atoms with E-state index in [1.807, 2.05) is 18.6 Å². The third kappa shape index (κ3) is 3.68. The fraction of sp³-hybridized carbons (Fsp3) is 0.667. The lowest BCUT2D eigenvalue weighted by atomic mass is 10.1. The molecule has 0 aromatic carbocycles. The van der Waals surface area contributed by atoms with Crippen molar-refractivity contribution in [3.05, 3.63) is 16.6 Å². The van der Waals surface area contributed by atoms with E-state index in [1.165, 1.54) is 4.88 Å². The molecule has 0 spiro atoms. The van der Waals surface area contributed by atoms with Gasteiger partial charge in [0.25, 0.3) is 0 Å². The van der Waals surface area contributed by atoms with Crippen LogP contribution in [-0.2, 0) is 11.3 Å². The topological polar surface area (TPSA) is 54.5 Å². The zero-order valence-electron chi connectivity index (χ0n) is 10.6. The van der Waals surface area contributed by atoms with E-state index in [4.69, 9.17) is 4.74 Å². The van der Waals surface area contributed by atoms with Gasteiger partial charge in [-0.15, -0.1) is 11.3 Å². The summed E-state index contributed by atoms with van der Waals surface area (Å²) in [4.78, 5) is 18.6. The summed E-state index contributed by atoms with van der Waals surface area (Å²) < 4.78 is 5.00. The molecule has 0 saturated carbocycles. The van der Waals surface area contributed by atoms with Crippen molar-refractivity contribution in [2.24, 2.45) is 0 Å². The van der Waals surface area contributed by atoms with Gasteiger partial charge in [-0.3, -0.25) is 4.98 Å². The second-order valence-electron chi connectivity index (χ2n) is 4.31. The van der Waals surface area contributed by atoms with E-state index in [9.17, 15) is 4.79 Å². The molecule has 1 N–H and O–H groups in total. The molecule has 2 heterocycles. The maximum Gasteiger partial charge on any atom is 0.409 e. The first-order valence-electron chi connectivity index (χ1n) is 6.32. The minimum atomic E-state index is -0.182. The van der Waals surface area contributed by atoms with E-state index in [0.29, 0.717) is 12.6 Å². The van der Waals surface area contributed by atoms with Crippen LogP contribution in [0.5, 0.6) is 0 Å². The minimum absolute atomic E-state index is 0.182. The number of carbonyl (C=O) groups excluding carboxylic acids is 1. The van der Waals surface area contributed by atoms with Crippen LogP contribution in [0.3, 0.4) is 0 Å². The highest BCUT2D eigenvalue weighted by atomic mass is 32.1. The summed E-state index contributed by atoms with van der Waals surface area (Å²) in [6.07, 6.45) is 3.68. The average molecular weight is 269 g/mol. The third-order valence-corrected chi connectivity index (χ3v) is 3.85. The molecule has 1 saturated heterocycles. The van der Waals surface area contributed by atoms with Crippen molar-refractivity contribution < 1.29 is 9.53 Å². The van der Waals surface area contributed by atoms with Crippen molar-refractivity contribution in [3.63, 3.8) is 0 Å². The summed E-state index contributed by atoms with van der Waals surface area (Å²) in [5.41, 5.74) is 1.85. The lowest BCUT2D eigenvalue weighted by Gasteiger charge is -2.31. The van der Waals surface area contributed by atoms with Gasteiger partial charge >= 0.3 is 6.09 Å². The summed E-state index contributed by atoms with van der Waals surface area (Å²) >= 11 is 1.67. The Labute approximate surface area is 111 Å². The molecule has 0 radical (unpaired) electrons. The number of piperidine rings is 1. The van der Waals surface area contributed by atoms with Gasteiger partial charge < -0.3 is 15.0 Å². The van der Waals surface area contributed by atoms with Crippen molar-refractivity contribution in [2.45, 2.75) is 32.4 Å². The van der Waals surface area contributed by atoms with Crippen molar-refractivity contribution in [3.8, 4) is 0 Å². The van der Waals surface area contributed by atoms with Gasteiger partial charge in [0.2, 0.25) is 0 Å². The van der Waals surface area contributed by atoms with E-state index >= 15 is 0 Å². The van der Waals surface area contributed by atoms with Crippen LogP contribution < -0.4 is 5.32 Å². The number of ether oxygens (including phenoxy) is 1. The highest BCUT2D eigenvalue weighted by Gasteiger charge is 2.23. The molecule has 0 aliphatic carbocycles. The number of thiazole rings is 1. The van der Waals surface area contributed by atoms with Crippen LogP contribution >= 0.6 is 11.3 Å². The van der Waals surface area contributed by atoms with Crippen molar-refractivity contribution in [1.82, 2.24) is 15.2 Å². The zero-order valence-corrected chi connectivity index (χ0v) is 11.4. The second-order valence-corrected chi connectivity index (χ2v) is 5.28. The molecule has 6 heteroatoms. The van der Waals surface area contributed by atoms with Crippen molar-refractivity contribution >= 4 is 17.4 Å². The fourth-order valence-electron chi connectivity index (χ4n) is 2.06. The highest BCUT2D eigenvalue weighted by Crippen LogP contribution is 2.13. The molecule has 1 amide bonds. The predicted octanol–water partition coefficient (Wildman–Crippen LogP) is 1.85. The van der Waals surface area contributed by atoms with Crippen LogP contribution in [0, 0.1) is 0 Å². The number of hydrogen-bond donors (Lipinski definition) is 1. The van der Waals surface area contributed by atoms with Crippen LogP contribution in [0.4, 0.5) is 4.79 Å². The third-order valence-electron chi connectivity index (χ3n) is 3.07. The fourth-order valence-corrected chi connectivity index (χ4v) is 2.60. The first-order chi connectivity index (χ1) is 8.79. The number of nitrogens with zero attached hydrogens (tertiary/aromatic N) is 2. The summed E-state index contributed by atoms with van der Waals surface area (Å²) in [7, 11) is 0. The van der Waals surface area contributed by atoms with Gasteiger partial charge in [0.1, 0.15) is 0 Å². The monoisotopic (exact) mass is 269 g/mol. The van der Waals surface area contributed by atoms with Gasteiger partial charge in [-0.2, -0.15) is 0 Å². The number of likely N-dealkylation sites (tertiary alicyclic amines) is 1. The minimum Gasteiger partial charge on any atom is -0.450 e. The molecule has 0 unspecified atom stereocenters. The molecule has 5 nitrogen and oxygen atoms in total. The zero-order chi connectivity index (χ0) is 12.8. The maximum absolute atomic E-state index is 11.5. The van der Waals surface area contributed by atoms with E-state index in [2.05, 4.69) is 10.3 Å². The largest absolute Gasteiger partial charge is 0.450 e. The van der Waals surface area contributed by atoms with E-state index in [1.54, 1.807) is 16.2 Å². The van der Waals surface area contributed by atoms with Crippen LogP contribution in [0.15, 0.2) is 11.7 Å². The molecule has 1 aliphatic rings. The lowest BCUT2D eigenvalue weighted by Crippen LogP contribution is -2.44. The van der Waals surface area contributed by atoms with Crippen molar-refractivity contribution in [2.75, 3.05) is 19.7 Å². The van der Waals surface area contributed by atoms with Gasteiger partial charge in [-0.1, -0.05) is 0 Å². The Morgan fingerprint density at radius 3 is 3.00 bits per heavy atom. The van der Waals surface area contributed by atoms with Crippen LogP contribution in [-0.4, -0.2) is 41.7 Å². The standard InChI is InChI=1S/C12H19N3O2S/c1-2-17-12(16)15-5-3-10(4-6-15)14-8-11-7-13-9-18-11/h7,9-10,14H,2-6,8H2,1H3. The summed E-state index contributed by atoms with van der Waals surface area (Å²) in [5.74, 6) is 0. The number of hydrogen-bond acceptors (Lipinski definition) is 5. The van der Waals surface area contributed by atoms with Crippen LogP contribution in [0.2, 0.25) is 0 Å². The summed E-state index contributed by atoms with van der Waals surface area (Å²) in [6.45, 7) is 4.71. The van der Waals surface area contributed by atoms with Gasteiger partial charge in [0.15, 0.2) is 0 Å². The second kappa shape index (κ2) is 6.70. The molecule has 100 valence electrons. The molecule has 2 rings (SSSR count). The molecular weight excluding hydrogens is 250 g/mol. The summed E-state index contributed by atoms with van der Waals surface area (Å²) in [5, 5.41) is 3.51. The molecule has 1 aromatic heterocycles. The van der Waals surface area contributed by atoms with E-state index in [-0.39, 0.29) is 6.09 Å². The number of aromatic nitrogens is 1. The normalized spacial score (nSPS) is 16.8. The predicted molar refractivity (Wildman–Crippen MR) is 70.6 cm³/mol. The number of nitrogens with one attached hydrogen (secondary N) is 1. The molecular formula is C12H19N3O2S. The number of rotatable bonds is 4. The smallest absolute Gasteiger partial charge is 0.409 e. The van der Waals surface area contributed by atoms with Gasteiger partial charge in [-0.05, 0) is 19.8 Å². The highest BCUT2D eigenvalue weighted by molar-refractivity contribution is 7.09. The number of amides is 1. The van der Waals surface area contributed by atoms with Crippen LogP contribution in [0.1, 0.15) is 24.6 Å². The Kier molecular flexibility index (Phi) is 4.95. The molecule has 1 aromatic rings. The number of carbonyl (C=O) groups is 1. The SMILES string of the molecule is CCOC(=O)N1CCC(NCc2cncs2)CC1. The Morgan fingerprint density at radius 2 is 2.39 bits per heavy atom. The van der Waals surface area contributed by atoms with Gasteiger partial charge in [0.05, 0.1) is 12.1 Å². The lowest BCUT2D eigenvalue weighted by molar-refractivity contribution is 0.0950. The van der Waals surface area contributed by atoms with Crippen LogP contribution in [0.25, 0.3) is 0 Å².